The number of carbonyl (C=O) groups excluding carboxylic acids is 1. The van der Waals surface area contributed by atoms with Gasteiger partial charge in [-0.05, 0) is 51.3 Å². The zero-order chi connectivity index (χ0) is 13.7. The second kappa shape index (κ2) is 6.34. The lowest BCUT2D eigenvalue weighted by Crippen LogP contribution is -2.06. The first-order valence-electron chi connectivity index (χ1n) is 6.45. The highest BCUT2D eigenvalue weighted by atomic mass is 16.1. The van der Waals surface area contributed by atoms with Crippen LogP contribution < -0.4 is 0 Å². The Morgan fingerprint density at radius 3 is 2.50 bits per heavy atom. The van der Waals surface area contributed by atoms with Crippen molar-refractivity contribution in [3.63, 3.8) is 0 Å². The van der Waals surface area contributed by atoms with Gasteiger partial charge in [-0.3, -0.25) is 4.79 Å². The molecule has 0 atom stereocenters. The smallest absolute Gasteiger partial charge is 0.189 e. The minimum Gasteiger partial charge on any atom is -0.289 e. The summed E-state index contributed by atoms with van der Waals surface area (Å²) in [6.07, 6.45) is 4.89. The predicted octanol–water partition coefficient (Wildman–Crippen LogP) is 4.79. The van der Waals surface area contributed by atoms with Crippen molar-refractivity contribution in [3.8, 4) is 0 Å². The molecule has 0 radical (unpaired) electrons. The number of ketones is 1. The molecular weight excluding hydrogens is 220 g/mol. The molecule has 0 aliphatic heterocycles. The molecule has 0 N–H and O–H groups in total. The van der Waals surface area contributed by atoms with Gasteiger partial charge in [0.05, 0.1) is 0 Å². The van der Waals surface area contributed by atoms with E-state index < -0.39 is 0 Å². The third-order valence-corrected chi connectivity index (χ3v) is 3.21. The highest BCUT2D eigenvalue weighted by Crippen LogP contribution is 2.19. The van der Waals surface area contributed by atoms with E-state index in [0.29, 0.717) is 0 Å². The van der Waals surface area contributed by atoms with Crippen molar-refractivity contribution >= 4 is 5.78 Å². The van der Waals surface area contributed by atoms with Gasteiger partial charge < -0.3 is 0 Å². The zero-order valence-electron chi connectivity index (χ0n) is 12.0. The molecule has 1 nitrogen and oxygen atoms in total. The molecule has 1 rings (SSSR count). The van der Waals surface area contributed by atoms with E-state index in [1.165, 1.54) is 0 Å². The van der Waals surface area contributed by atoms with Crippen LogP contribution in [0.1, 0.15) is 48.7 Å². The van der Waals surface area contributed by atoms with Crippen LogP contribution in [0.3, 0.4) is 0 Å². The molecule has 0 bridgehead atoms. The highest BCUT2D eigenvalue weighted by molar-refractivity contribution is 6.10. The normalized spacial score (nSPS) is 12.7. The molecule has 0 heterocycles. The average molecular weight is 242 g/mol. The average Bonchev–Trinajstić information content (AvgIpc) is 2.37. The Balaban J connectivity index is 3.25. The largest absolute Gasteiger partial charge is 0.289 e. The Kier molecular flexibility index (Phi) is 5.08. The van der Waals surface area contributed by atoms with Crippen LogP contribution in [-0.4, -0.2) is 5.78 Å². The number of allylic oxidation sites excluding steroid dienone is 4. The summed E-state index contributed by atoms with van der Waals surface area (Å²) < 4.78 is 0. The van der Waals surface area contributed by atoms with E-state index in [1.54, 1.807) is 0 Å². The van der Waals surface area contributed by atoms with E-state index >= 15 is 0 Å². The Hall–Kier alpha value is -1.63. The fourth-order valence-electron chi connectivity index (χ4n) is 2.04. The van der Waals surface area contributed by atoms with Crippen molar-refractivity contribution in [2.45, 2.75) is 41.0 Å². The Bertz CT molecular complexity index is 504. The molecule has 1 aromatic rings. The van der Waals surface area contributed by atoms with Gasteiger partial charge in [0.1, 0.15) is 0 Å². The summed E-state index contributed by atoms with van der Waals surface area (Å²) in [6.45, 7) is 9.98. The molecule has 0 saturated carbocycles. The molecule has 0 aliphatic rings. The first kappa shape index (κ1) is 14.4. The van der Waals surface area contributed by atoms with Gasteiger partial charge in [0.25, 0.3) is 0 Å². The quantitative estimate of drug-likeness (QED) is 0.421. The maximum atomic E-state index is 12.5. The van der Waals surface area contributed by atoms with E-state index in [2.05, 4.69) is 6.92 Å². The molecule has 0 aliphatic carbocycles. The van der Waals surface area contributed by atoms with Gasteiger partial charge in [0, 0.05) is 11.1 Å². The van der Waals surface area contributed by atoms with Gasteiger partial charge >= 0.3 is 0 Å². The van der Waals surface area contributed by atoms with Crippen LogP contribution in [0.25, 0.3) is 0 Å². The topological polar surface area (TPSA) is 17.1 Å². The van der Waals surface area contributed by atoms with E-state index in [4.69, 9.17) is 0 Å². The maximum absolute atomic E-state index is 12.5. The van der Waals surface area contributed by atoms with Crippen molar-refractivity contribution in [2.75, 3.05) is 0 Å². The molecule has 0 unspecified atom stereocenters. The summed E-state index contributed by atoms with van der Waals surface area (Å²) in [5.41, 5.74) is 4.96. The molecule has 0 fully saturated rings. The van der Waals surface area contributed by atoms with Crippen LogP contribution in [0, 0.1) is 13.8 Å². The zero-order valence-corrected chi connectivity index (χ0v) is 12.0. The lowest BCUT2D eigenvalue weighted by atomic mass is 9.94. The summed E-state index contributed by atoms with van der Waals surface area (Å²) in [5, 5.41) is 0. The van der Waals surface area contributed by atoms with Crippen molar-refractivity contribution in [1.29, 1.82) is 0 Å². The fourth-order valence-corrected chi connectivity index (χ4v) is 2.04. The van der Waals surface area contributed by atoms with Crippen LogP contribution in [0.4, 0.5) is 0 Å². The van der Waals surface area contributed by atoms with Crippen LogP contribution in [0.2, 0.25) is 0 Å². The van der Waals surface area contributed by atoms with Crippen LogP contribution in [0.15, 0.2) is 41.5 Å². The minimum atomic E-state index is 0.145. The van der Waals surface area contributed by atoms with Crippen molar-refractivity contribution < 1.29 is 4.79 Å². The standard InChI is InChI=1S/C17H22O/c1-6-8-15(7-2)14(5)17(18)16-11-12(3)9-10-13(16)4/h6,8-11H,7H2,1-5H3/b8-6-,15-14+. The van der Waals surface area contributed by atoms with Gasteiger partial charge in [0.15, 0.2) is 5.78 Å². The monoisotopic (exact) mass is 242 g/mol. The van der Waals surface area contributed by atoms with Crippen LogP contribution in [0.5, 0.6) is 0 Å². The maximum Gasteiger partial charge on any atom is 0.189 e. The summed E-state index contributed by atoms with van der Waals surface area (Å²) in [6, 6.07) is 6.03. The number of rotatable bonds is 4. The number of Topliss-reactive ketones (excluding diaryl/α,β-unsaturated/α-hetero) is 1. The highest BCUT2D eigenvalue weighted by Gasteiger charge is 2.13. The van der Waals surface area contributed by atoms with E-state index in [0.717, 1.165) is 34.3 Å². The summed E-state index contributed by atoms with van der Waals surface area (Å²) >= 11 is 0. The minimum absolute atomic E-state index is 0.145. The Labute approximate surface area is 110 Å². The van der Waals surface area contributed by atoms with Gasteiger partial charge in [-0.15, -0.1) is 0 Å². The lowest BCUT2D eigenvalue weighted by Gasteiger charge is -2.09. The second-order valence-corrected chi connectivity index (χ2v) is 4.65. The van der Waals surface area contributed by atoms with E-state index in [9.17, 15) is 4.79 Å². The van der Waals surface area contributed by atoms with E-state index in [1.807, 2.05) is 58.0 Å². The molecule has 0 amide bonds. The molecule has 96 valence electrons. The first-order chi connectivity index (χ1) is 8.51. The molecule has 1 heteroatoms. The summed E-state index contributed by atoms with van der Waals surface area (Å²) in [7, 11) is 0. The molecule has 1 aromatic carbocycles. The third-order valence-electron chi connectivity index (χ3n) is 3.21. The van der Waals surface area contributed by atoms with Gasteiger partial charge in [-0.25, -0.2) is 0 Å². The number of benzene rings is 1. The Morgan fingerprint density at radius 1 is 1.28 bits per heavy atom. The molecule has 18 heavy (non-hydrogen) atoms. The summed E-state index contributed by atoms with van der Waals surface area (Å²) in [5.74, 6) is 0.145. The third kappa shape index (κ3) is 3.19. The van der Waals surface area contributed by atoms with Gasteiger partial charge in [0.2, 0.25) is 0 Å². The first-order valence-corrected chi connectivity index (χ1v) is 6.45. The van der Waals surface area contributed by atoms with Crippen LogP contribution in [-0.2, 0) is 0 Å². The van der Waals surface area contributed by atoms with Crippen molar-refractivity contribution in [2.24, 2.45) is 0 Å². The summed E-state index contributed by atoms with van der Waals surface area (Å²) in [4.78, 5) is 12.5. The molecule has 0 saturated heterocycles. The van der Waals surface area contributed by atoms with Gasteiger partial charge in [-0.2, -0.15) is 0 Å². The SMILES string of the molecule is C/C=C\C(CC)=C(/C)C(=O)c1cc(C)ccc1C. The lowest BCUT2D eigenvalue weighted by molar-refractivity contribution is 0.103. The van der Waals surface area contributed by atoms with Crippen LogP contribution >= 0.6 is 0 Å². The molecule has 0 spiro atoms. The van der Waals surface area contributed by atoms with Gasteiger partial charge in [-0.1, -0.05) is 36.8 Å². The van der Waals surface area contributed by atoms with Crippen molar-refractivity contribution in [3.05, 3.63) is 58.2 Å². The number of carbonyl (C=O) groups is 1. The Morgan fingerprint density at radius 2 is 1.94 bits per heavy atom. The molecular formula is C17H22O. The second-order valence-electron chi connectivity index (χ2n) is 4.65. The number of hydrogen-bond acceptors (Lipinski definition) is 1. The molecule has 0 aromatic heterocycles. The fraction of sp³-hybridized carbons (Fsp3) is 0.353. The predicted molar refractivity (Wildman–Crippen MR) is 78.1 cm³/mol. The van der Waals surface area contributed by atoms with E-state index in [-0.39, 0.29) is 5.78 Å². The number of aryl methyl sites for hydroxylation is 2. The van der Waals surface area contributed by atoms with Crippen molar-refractivity contribution in [1.82, 2.24) is 0 Å². The number of hydrogen-bond donors (Lipinski definition) is 0.